The molecule has 20 heavy (non-hydrogen) atoms. The molecule has 5 fully saturated rings. The first-order valence-corrected chi connectivity index (χ1v) is 7.66. The zero-order valence-electron chi connectivity index (χ0n) is 12.5. The van der Waals surface area contributed by atoms with Crippen molar-refractivity contribution in [3.05, 3.63) is 0 Å². The number of halogens is 1. The van der Waals surface area contributed by atoms with E-state index in [1.165, 1.54) is 6.42 Å². The van der Waals surface area contributed by atoms with Crippen molar-refractivity contribution in [2.45, 2.75) is 63.8 Å². The number of aliphatic hydroxyl groups is 1. The van der Waals surface area contributed by atoms with E-state index >= 15 is 0 Å². The predicted octanol–water partition coefficient (Wildman–Crippen LogP) is 1.40. The molecule has 3 saturated carbocycles. The van der Waals surface area contributed by atoms with Crippen molar-refractivity contribution < 1.29 is 14.4 Å². The Kier molecular flexibility index (Phi) is 3.47. The molecule has 0 aromatic rings. The van der Waals surface area contributed by atoms with E-state index in [0.717, 1.165) is 18.8 Å². The molecule has 4 nitrogen and oxygen atoms in total. The van der Waals surface area contributed by atoms with Crippen LogP contribution in [0.3, 0.4) is 0 Å². The fourth-order valence-electron chi connectivity index (χ4n) is 5.03. The van der Waals surface area contributed by atoms with Crippen LogP contribution in [0.2, 0.25) is 0 Å². The van der Waals surface area contributed by atoms with E-state index in [0.29, 0.717) is 17.9 Å². The molecule has 3 aliphatic carbocycles. The standard InChI is InChI=1S/C14H24BNO3.ClH/c1-13(2)8-4-10(13)14(3)11(5-8)18-15(19-14)12-6-9(17)7-16-12;/h8-12,16-17H,4-7H2,1-3H3;1H/t8-,9-,10-,11?,12-,14-;/m0./s1. The van der Waals surface area contributed by atoms with Crippen LogP contribution in [0.5, 0.6) is 0 Å². The molecular weight excluding hydrogens is 276 g/mol. The van der Waals surface area contributed by atoms with Gasteiger partial charge in [-0.2, -0.15) is 0 Å². The van der Waals surface area contributed by atoms with Crippen molar-refractivity contribution in [2.24, 2.45) is 17.3 Å². The summed E-state index contributed by atoms with van der Waals surface area (Å²) >= 11 is 0. The van der Waals surface area contributed by atoms with E-state index in [1.54, 1.807) is 0 Å². The van der Waals surface area contributed by atoms with Gasteiger partial charge in [-0.15, -0.1) is 12.4 Å². The van der Waals surface area contributed by atoms with Gasteiger partial charge in [0.2, 0.25) is 0 Å². The smallest absolute Gasteiger partial charge is 0.404 e. The molecule has 5 aliphatic rings. The number of hydrogen-bond acceptors (Lipinski definition) is 4. The van der Waals surface area contributed by atoms with E-state index in [9.17, 15) is 5.11 Å². The van der Waals surface area contributed by atoms with Gasteiger partial charge in [0.05, 0.1) is 17.8 Å². The molecule has 114 valence electrons. The van der Waals surface area contributed by atoms with Crippen molar-refractivity contribution in [3.8, 4) is 0 Å². The Morgan fingerprint density at radius 2 is 1.95 bits per heavy atom. The Bertz CT molecular complexity index is 410. The molecule has 2 aliphatic heterocycles. The van der Waals surface area contributed by atoms with Crippen LogP contribution >= 0.6 is 12.4 Å². The minimum atomic E-state index is -0.252. The number of rotatable bonds is 1. The van der Waals surface area contributed by atoms with Crippen LogP contribution in [-0.2, 0) is 9.31 Å². The zero-order chi connectivity index (χ0) is 13.4. The van der Waals surface area contributed by atoms with Crippen LogP contribution in [-0.4, -0.2) is 42.5 Å². The Balaban J connectivity index is 0.00000121. The van der Waals surface area contributed by atoms with Crippen LogP contribution in [0.25, 0.3) is 0 Å². The molecule has 6 atom stereocenters. The first-order chi connectivity index (χ1) is 8.91. The molecule has 2 bridgehead atoms. The first-order valence-electron chi connectivity index (χ1n) is 7.66. The third-order valence-corrected chi connectivity index (χ3v) is 6.44. The van der Waals surface area contributed by atoms with Gasteiger partial charge in [0.1, 0.15) is 0 Å². The summed E-state index contributed by atoms with van der Waals surface area (Å²) in [5.41, 5.74) is 0.268. The van der Waals surface area contributed by atoms with Crippen molar-refractivity contribution in [3.63, 3.8) is 0 Å². The van der Waals surface area contributed by atoms with Gasteiger partial charge in [-0.05, 0) is 43.4 Å². The number of nitrogens with one attached hydrogen (secondary N) is 1. The average molecular weight is 302 g/mol. The summed E-state index contributed by atoms with van der Waals surface area (Å²) in [4.78, 5) is 0. The summed E-state index contributed by atoms with van der Waals surface area (Å²) in [7, 11) is -0.178. The molecule has 0 radical (unpaired) electrons. The lowest BCUT2D eigenvalue weighted by Crippen LogP contribution is -2.65. The fourth-order valence-corrected chi connectivity index (χ4v) is 5.03. The van der Waals surface area contributed by atoms with Crippen molar-refractivity contribution in [1.29, 1.82) is 0 Å². The van der Waals surface area contributed by atoms with Crippen molar-refractivity contribution in [2.75, 3.05) is 6.54 Å². The quantitative estimate of drug-likeness (QED) is 0.719. The van der Waals surface area contributed by atoms with Gasteiger partial charge in [0, 0.05) is 12.5 Å². The summed E-state index contributed by atoms with van der Waals surface area (Å²) in [6.45, 7) is 7.65. The van der Waals surface area contributed by atoms with Gasteiger partial charge in [-0.1, -0.05) is 13.8 Å². The highest BCUT2D eigenvalue weighted by molar-refractivity contribution is 6.47. The highest BCUT2D eigenvalue weighted by Crippen LogP contribution is 2.65. The number of aliphatic hydroxyl groups excluding tert-OH is 1. The van der Waals surface area contributed by atoms with Gasteiger partial charge in [0.15, 0.2) is 0 Å². The minimum Gasteiger partial charge on any atom is -0.404 e. The lowest BCUT2D eigenvalue weighted by Gasteiger charge is -2.64. The maximum Gasteiger partial charge on any atom is 0.475 e. The van der Waals surface area contributed by atoms with E-state index in [2.05, 4.69) is 26.1 Å². The monoisotopic (exact) mass is 301 g/mol. The first kappa shape index (κ1) is 15.1. The topological polar surface area (TPSA) is 50.7 Å². The SMILES string of the molecule is CC1(C)[C@@H]2CC3OB([C@@H]4C[C@H](O)CN4)O[C@@]3(C)[C@H]1C2.Cl. The second-order valence-electron chi connectivity index (χ2n) is 7.74. The summed E-state index contributed by atoms with van der Waals surface area (Å²) in [6, 6.07) is 0. The summed E-state index contributed by atoms with van der Waals surface area (Å²) < 4.78 is 12.6. The lowest BCUT2D eigenvalue weighted by molar-refractivity contribution is -0.199. The molecule has 0 aromatic heterocycles. The molecule has 0 aromatic carbocycles. The molecule has 0 amide bonds. The van der Waals surface area contributed by atoms with Crippen molar-refractivity contribution in [1.82, 2.24) is 5.32 Å². The maximum atomic E-state index is 9.65. The van der Waals surface area contributed by atoms with E-state index in [4.69, 9.17) is 9.31 Å². The van der Waals surface area contributed by atoms with Crippen LogP contribution < -0.4 is 5.32 Å². The predicted molar refractivity (Wildman–Crippen MR) is 79.8 cm³/mol. The second kappa shape index (κ2) is 4.59. The fraction of sp³-hybridized carbons (Fsp3) is 1.00. The molecular formula is C14H25BClNO3. The molecule has 5 rings (SSSR count). The van der Waals surface area contributed by atoms with Gasteiger partial charge in [-0.3, -0.25) is 0 Å². The maximum absolute atomic E-state index is 9.65. The largest absolute Gasteiger partial charge is 0.475 e. The summed E-state index contributed by atoms with van der Waals surface area (Å²) in [5.74, 6) is 1.55. The van der Waals surface area contributed by atoms with E-state index in [-0.39, 0.29) is 43.3 Å². The molecule has 2 heterocycles. The molecule has 2 saturated heterocycles. The van der Waals surface area contributed by atoms with Crippen molar-refractivity contribution >= 4 is 19.5 Å². The Morgan fingerprint density at radius 3 is 2.55 bits per heavy atom. The highest BCUT2D eigenvalue weighted by Gasteiger charge is 2.68. The molecule has 6 heteroatoms. The van der Waals surface area contributed by atoms with Crippen LogP contribution in [0.15, 0.2) is 0 Å². The normalized spacial score (nSPS) is 52.2. The Labute approximate surface area is 127 Å². The Morgan fingerprint density at radius 1 is 1.20 bits per heavy atom. The highest BCUT2D eigenvalue weighted by atomic mass is 35.5. The average Bonchev–Trinajstić information content (AvgIpc) is 2.90. The third-order valence-electron chi connectivity index (χ3n) is 6.44. The van der Waals surface area contributed by atoms with Gasteiger partial charge >= 0.3 is 7.12 Å². The molecule has 0 spiro atoms. The molecule has 1 unspecified atom stereocenters. The zero-order valence-corrected chi connectivity index (χ0v) is 13.3. The summed E-state index contributed by atoms with van der Waals surface area (Å²) in [5, 5.41) is 13.0. The minimum absolute atomic E-state index is 0. The second-order valence-corrected chi connectivity index (χ2v) is 7.74. The van der Waals surface area contributed by atoms with Gasteiger partial charge in [-0.25, -0.2) is 0 Å². The van der Waals surface area contributed by atoms with Crippen LogP contribution in [0, 0.1) is 17.3 Å². The lowest BCUT2D eigenvalue weighted by atomic mass is 9.43. The summed E-state index contributed by atoms with van der Waals surface area (Å²) in [6.07, 6.45) is 3.15. The van der Waals surface area contributed by atoms with Crippen LogP contribution in [0.1, 0.15) is 40.0 Å². The Hall–Kier alpha value is 0.195. The van der Waals surface area contributed by atoms with Crippen LogP contribution in [0.4, 0.5) is 0 Å². The molecule has 2 N–H and O–H groups in total. The van der Waals surface area contributed by atoms with Gasteiger partial charge < -0.3 is 19.7 Å². The number of hydrogen-bond donors (Lipinski definition) is 2. The van der Waals surface area contributed by atoms with Gasteiger partial charge in [0.25, 0.3) is 0 Å². The van der Waals surface area contributed by atoms with E-state index in [1.807, 2.05) is 0 Å². The van der Waals surface area contributed by atoms with E-state index < -0.39 is 0 Å². The number of β-amino-alcohol motifs (C(OH)–C–C–N with tert-alkyl or cyclic N) is 1. The third kappa shape index (κ3) is 1.83.